The van der Waals surface area contributed by atoms with E-state index < -0.39 is 11.9 Å². The highest BCUT2D eigenvalue weighted by molar-refractivity contribution is 6.05. The van der Waals surface area contributed by atoms with Crippen LogP contribution in [0.25, 0.3) is 10.9 Å². The van der Waals surface area contributed by atoms with Crippen molar-refractivity contribution in [3.05, 3.63) is 59.3 Å². The number of nitrogens with zero attached hydrogens (tertiary/aromatic N) is 2. The Morgan fingerprint density at radius 1 is 1.14 bits per heavy atom. The Morgan fingerprint density at radius 2 is 2.00 bits per heavy atom. The molecular formula is C21H19N5O3. The molecule has 2 aromatic carbocycles. The lowest BCUT2D eigenvalue weighted by atomic mass is 10.0. The number of benzene rings is 2. The van der Waals surface area contributed by atoms with Crippen molar-refractivity contribution in [1.29, 1.82) is 0 Å². The summed E-state index contributed by atoms with van der Waals surface area (Å²) in [6, 6.07) is 12.9. The molecule has 1 aromatic heterocycles. The van der Waals surface area contributed by atoms with Gasteiger partial charge in [0.1, 0.15) is 6.04 Å². The van der Waals surface area contributed by atoms with Crippen molar-refractivity contribution in [3.63, 3.8) is 0 Å². The maximum Gasteiger partial charge on any atom is 0.255 e. The number of carbonyl (C=O) groups is 3. The SMILES string of the molecule is O=C1CCC(N2Cc3cc(NCc4[nH]nc5ccccc45)ccc3C2=O)C(=O)N1. The zero-order valence-electron chi connectivity index (χ0n) is 15.6. The van der Waals surface area contributed by atoms with E-state index in [2.05, 4.69) is 20.8 Å². The Hall–Kier alpha value is -3.68. The molecule has 2 aliphatic rings. The smallest absolute Gasteiger partial charge is 0.255 e. The van der Waals surface area contributed by atoms with E-state index in [0.29, 0.717) is 25.1 Å². The van der Waals surface area contributed by atoms with Crippen LogP contribution in [0.1, 0.15) is 34.5 Å². The number of aromatic amines is 1. The molecule has 8 heteroatoms. The Kier molecular flexibility index (Phi) is 4.04. The lowest BCUT2D eigenvalue weighted by Crippen LogP contribution is -2.52. The standard InChI is InChI=1S/C21H19N5O3/c27-19-8-7-18(20(28)23-19)26-11-12-9-13(5-6-14(12)21(26)29)22-10-17-15-3-1-2-4-16(15)24-25-17/h1-6,9,18,22H,7-8,10-11H2,(H,24,25)(H,23,27,28). The van der Waals surface area contributed by atoms with Crippen LogP contribution in [0.5, 0.6) is 0 Å². The van der Waals surface area contributed by atoms with Crippen LogP contribution >= 0.6 is 0 Å². The molecule has 3 aromatic rings. The molecule has 146 valence electrons. The maximum absolute atomic E-state index is 12.8. The number of hydrogen-bond donors (Lipinski definition) is 3. The van der Waals surface area contributed by atoms with Crippen LogP contribution in [0.2, 0.25) is 0 Å². The molecule has 3 amide bonds. The summed E-state index contributed by atoms with van der Waals surface area (Å²) in [4.78, 5) is 37.8. The number of rotatable bonds is 4. The first-order valence-corrected chi connectivity index (χ1v) is 9.53. The lowest BCUT2D eigenvalue weighted by Gasteiger charge is -2.29. The van der Waals surface area contributed by atoms with Crippen LogP contribution in [0.3, 0.4) is 0 Å². The van der Waals surface area contributed by atoms with Crippen molar-refractivity contribution in [2.75, 3.05) is 5.32 Å². The number of H-pyrrole nitrogens is 1. The van der Waals surface area contributed by atoms with Gasteiger partial charge in [0.05, 0.1) is 17.8 Å². The third-order valence-electron chi connectivity index (χ3n) is 5.53. The molecule has 3 N–H and O–H groups in total. The van der Waals surface area contributed by atoms with Crippen molar-refractivity contribution in [2.45, 2.75) is 32.0 Å². The summed E-state index contributed by atoms with van der Waals surface area (Å²) in [6.07, 6.45) is 0.615. The molecule has 1 fully saturated rings. The van der Waals surface area contributed by atoms with Crippen LogP contribution in [0.4, 0.5) is 5.69 Å². The molecule has 0 aliphatic carbocycles. The van der Waals surface area contributed by atoms with Crippen molar-refractivity contribution < 1.29 is 14.4 Å². The summed E-state index contributed by atoms with van der Waals surface area (Å²) < 4.78 is 0. The largest absolute Gasteiger partial charge is 0.379 e. The summed E-state index contributed by atoms with van der Waals surface area (Å²) in [5.74, 6) is -0.847. The average molecular weight is 389 g/mol. The summed E-state index contributed by atoms with van der Waals surface area (Å²) in [5, 5.41) is 14.1. The van der Waals surface area contributed by atoms with E-state index in [1.807, 2.05) is 36.4 Å². The van der Waals surface area contributed by atoms with Gasteiger partial charge in [0.25, 0.3) is 5.91 Å². The maximum atomic E-state index is 12.8. The molecule has 29 heavy (non-hydrogen) atoms. The molecular weight excluding hydrogens is 370 g/mol. The first kappa shape index (κ1) is 17.4. The molecule has 3 heterocycles. The van der Waals surface area contributed by atoms with Gasteiger partial charge in [-0.05, 0) is 36.2 Å². The zero-order valence-corrected chi connectivity index (χ0v) is 15.6. The first-order valence-electron chi connectivity index (χ1n) is 9.53. The highest BCUT2D eigenvalue weighted by Gasteiger charge is 2.39. The number of imide groups is 1. The van der Waals surface area contributed by atoms with Crippen LogP contribution in [0, 0.1) is 0 Å². The molecule has 0 saturated carbocycles. The summed E-state index contributed by atoms with van der Waals surface area (Å²) in [7, 11) is 0. The van der Waals surface area contributed by atoms with Gasteiger partial charge in [0.2, 0.25) is 11.8 Å². The molecule has 2 aliphatic heterocycles. The molecule has 0 radical (unpaired) electrons. The summed E-state index contributed by atoms with van der Waals surface area (Å²) in [5.41, 5.74) is 4.28. The van der Waals surface area contributed by atoms with Gasteiger partial charge in [0.15, 0.2) is 0 Å². The van der Waals surface area contributed by atoms with E-state index in [0.717, 1.165) is 27.8 Å². The molecule has 1 atom stereocenters. The number of para-hydroxylation sites is 1. The number of piperidine rings is 1. The minimum Gasteiger partial charge on any atom is -0.379 e. The van der Waals surface area contributed by atoms with E-state index in [1.165, 1.54) is 0 Å². The second kappa shape index (κ2) is 6.73. The number of anilines is 1. The third-order valence-corrected chi connectivity index (χ3v) is 5.53. The van der Waals surface area contributed by atoms with Crippen molar-refractivity contribution in [3.8, 4) is 0 Å². The Balaban J connectivity index is 1.32. The minimum atomic E-state index is -0.597. The summed E-state index contributed by atoms with van der Waals surface area (Å²) in [6.45, 7) is 0.938. The van der Waals surface area contributed by atoms with E-state index in [1.54, 1.807) is 11.0 Å². The molecule has 1 saturated heterocycles. The predicted octanol–water partition coefficient (Wildman–Crippen LogP) is 1.94. The van der Waals surface area contributed by atoms with Crippen LogP contribution in [-0.4, -0.2) is 38.9 Å². The Morgan fingerprint density at radius 3 is 2.86 bits per heavy atom. The Labute approximate surface area is 166 Å². The summed E-state index contributed by atoms with van der Waals surface area (Å²) >= 11 is 0. The number of carbonyl (C=O) groups excluding carboxylic acids is 3. The van der Waals surface area contributed by atoms with Gasteiger partial charge in [-0.15, -0.1) is 0 Å². The number of amides is 3. The normalized spacial score (nSPS) is 18.8. The number of aromatic nitrogens is 2. The molecule has 8 nitrogen and oxygen atoms in total. The van der Waals surface area contributed by atoms with Gasteiger partial charge < -0.3 is 10.2 Å². The van der Waals surface area contributed by atoms with Gasteiger partial charge >= 0.3 is 0 Å². The second-order valence-electron chi connectivity index (χ2n) is 7.34. The zero-order chi connectivity index (χ0) is 20.0. The number of nitrogens with one attached hydrogen (secondary N) is 3. The topological polar surface area (TPSA) is 107 Å². The van der Waals surface area contributed by atoms with Crippen molar-refractivity contribution >= 4 is 34.3 Å². The van der Waals surface area contributed by atoms with Crippen LogP contribution in [0.15, 0.2) is 42.5 Å². The van der Waals surface area contributed by atoms with E-state index in [9.17, 15) is 14.4 Å². The fourth-order valence-electron chi connectivity index (χ4n) is 4.02. The second-order valence-corrected chi connectivity index (χ2v) is 7.34. The van der Waals surface area contributed by atoms with Gasteiger partial charge in [-0.2, -0.15) is 5.10 Å². The van der Waals surface area contributed by atoms with Crippen LogP contribution in [-0.2, 0) is 22.7 Å². The van der Waals surface area contributed by atoms with Gasteiger partial charge in [0, 0.05) is 29.6 Å². The van der Waals surface area contributed by atoms with Crippen LogP contribution < -0.4 is 10.6 Å². The van der Waals surface area contributed by atoms with Crippen molar-refractivity contribution in [2.24, 2.45) is 0 Å². The van der Waals surface area contributed by atoms with Crippen molar-refractivity contribution in [1.82, 2.24) is 20.4 Å². The number of hydrogen-bond acceptors (Lipinski definition) is 5. The highest BCUT2D eigenvalue weighted by Crippen LogP contribution is 2.29. The molecule has 0 bridgehead atoms. The highest BCUT2D eigenvalue weighted by atomic mass is 16.2. The molecule has 0 spiro atoms. The van der Waals surface area contributed by atoms with E-state index >= 15 is 0 Å². The fourth-order valence-corrected chi connectivity index (χ4v) is 4.02. The number of fused-ring (bicyclic) bond motifs is 2. The van der Waals surface area contributed by atoms with E-state index in [4.69, 9.17) is 0 Å². The average Bonchev–Trinajstić information content (AvgIpc) is 3.27. The predicted molar refractivity (Wildman–Crippen MR) is 106 cm³/mol. The quantitative estimate of drug-likeness (QED) is 0.591. The molecule has 5 rings (SSSR count). The monoisotopic (exact) mass is 389 g/mol. The van der Waals surface area contributed by atoms with Gasteiger partial charge in [-0.25, -0.2) is 0 Å². The lowest BCUT2D eigenvalue weighted by molar-refractivity contribution is -0.136. The molecule has 1 unspecified atom stereocenters. The third kappa shape index (κ3) is 3.02. The minimum absolute atomic E-state index is 0.166. The van der Waals surface area contributed by atoms with Gasteiger partial charge in [-0.3, -0.25) is 24.8 Å². The van der Waals surface area contributed by atoms with E-state index in [-0.39, 0.29) is 18.2 Å². The first-order chi connectivity index (χ1) is 14.1. The Bertz CT molecular complexity index is 1150. The fraction of sp³-hybridized carbons (Fsp3) is 0.238. The van der Waals surface area contributed by atoms with Gasteiger partial charge in [-0.1, -0.05) is 18.2 Å².